The SMILES string of the molecule is CCC(CCNC)CCN(CCNC=O)c1ccc(C(=N)c2cc(O[C@H](C)c3c(Cl)cncc3Cl)ccc2N)cn1. The van der Waals surface area contributed by atoms with Gasteiger partial charge in [0.1, 0.15) is 17.7 Å². The number of amides is 1. The Balaban J connectivity index is 1.76. The largest absolute Gasteiger partial charge is 0.486 e. The molecule has 0 radical (unpaired) electrons. The summed E-state index contributed by atoms with van der Waals surface area (Å²) in [5, 5.41) is 15.7. The molecule has 3 aromatic rings. The second kappa shape index (κ2) is 16.1. The number of pyridine rings is 2. The number of carbonyl (C=O) groups excluding carboxylic acids is 1. The van der Waals surface area contributed by atoms with E-state index in [0.29, 0.717) is 63.6 Å². The third kappa shape index (κ3) is 9.05. The van der Waals surface area contributed by atoms with Crippen LogP contribution >= 0.6 is 23.2 Å². The Morgan fingerprint density at radius 3 is 2.51 bits per heavy atom. The molecule has 2 atom stereocenters. The molecule has 0 aliphatic rings. The molecule has 220 valence electrons. The molecule has 2 aromatic heterocycles. The van der Waals surface area contributed by atoms with Crippen molar-refractivity contribution in [3.63, 3.8) is 0 Å². The number of nitrogen functional groups attached to an aromatic ring is 1. The van der Waals surface area contributed by atoms with Gasteiger partial charge in [-0.25, -0.2) is 4.98 Å². The van der Waals surface area contributed by atoms with E-state index < -0.39 is 6.10 Å². The molecule has 1 unspecified atom stereocenters. The van der Waals surface area contributed by atoms with Crippen molar-refractivity contribution in [2.75, 3.05) is 43.9 Å². The molecule has 1 aromatic carbocycles. The average Bonchev–Trinajstić information content (AvgIpc) is 2.97. The Morgan fingerprint density at radius 2 is 1.88 bits per heavy atom. The second-order valence-corrected chi connectivity index (χ2v) is 10.6. The van der Waals surface area contributed by atoms with Crippen molar-refractivity contribution in [2.24, 2.45) is 5.92 Å². The number of ether oxygens (including phenoxy) is 1. The van der Waals surface area contributed by atoms with E-state index in [0.717, 1.165) is 38.2 Å². The van der Waals surface area contributed by atoms with Gasteiger partial charge in [-0.05, 0) is 69.6 Å². The minimum atomic E-state index is -0.449. The fourth-order valence-electron chi connectivity index (χ4n) is 4.61. The van der Waals surface area contributed by atoms with E-state index >= 15 is 0 Å². The van der Waals surface area contributed by atoms with Gasteiger partial charge in [0, 0.05) is 60.6 Å². The number of nitrogens with one attached hydrogen (secondary N) is 3. The summed E-state index contributed by atoms with van der Waals surface area (Å²) in [7, 11) is 1.97. The van der Waals surface area contributed by atoms with Gasteiger partial charge in [0.2, 0.25) is 6.41 Å². The molecule has 1 amide bonds. The minimum absolute atomic E-state index is 0.229. The van der Waals surface area contributed by atoms with Crippen molar-refractivity contribution in [3.05, 3.63) is 75.7 Å². The van der Waals surface area contributed by atoms with E-state index in [2.05, 4.69) is 32.4 Å². The number of nitrogens with two attached hydrogens (primary N) is 1. The molecule has 9 nitrogen and oxygen atoms in total. The number of rotatable bonds is 17. The number of halogens is 2. The molecule has 0 saturated heterocycles. The van der Waals surface area contributed by atoms with Gasteiger partial charge in [0.15, 0.2) is 0 Å². The maximum Gasteiger partial charge on any atom is 0.207 e. The number of nitrogens with zero attached hydrogens (tertiary/aromatic N) is 3. The fourth-order valence-corrected chi connectivity index (χ4v) is 5.29. The highest BCUT2D eigenvalue weighted by atomic mass is 35.5. The van der Waals surface area contributed by atoms with Gasteiger partial charge < -0.3 is 26.0 Å². The van der Waals surface area contributed by atoms with Gasteiger partial charge in [0.25, 0.3) is 0 Å². The number of anilines is 2. The third-order valence-corrected chi connectivity index (χ3v) is 7.66. The molecule has 0 aliphatic carbocycles. The molecular formula is C30H39Cl2N7O2. The number of aromatic nitrogens is 2. The first-order valence-electron chi connectivity index (χ1n) is 13.8. The highest BCUT2D eigenvalue weighted by molar-refractivity contribution is 6.35. The zero-order valence-electron chi connectivity index (χ0n) is 23.8. The first-order valence-corrected chi connectivity index (χ1v) is 14.5. The summed E-state index contributed by atoms with van der Waals surface area (Å²) >= 11 is 12.6. The van der Waals surface area contributed by atoms with E-state index in [1.165, 1.54) is 12.4 Å². The average molecular weight is 601 g/mol. The van der Waals surface area contributed by atoms with E-state index in [-0.39, 0.29) is 5.71 Å². The summed E-state index contributed by atoms with van der Waals surface area (Å²) in [6.07, 6.45) is 8.24. The van der Waals surface area contributed by atoms with Crippen molar-refractivity contribution in [1.82, 2.24) is 20.6 Å². The van der Waals surface area contributed by atoms with E-state index in [9.17, 15) is 4.79 Å². The number of hydrogen-bond acceptors (Lipinski definition) is 8. The van der Waals surface area contributed by atoms with Crippen LogP contribution in [0.4, 0.5) is 11.5 Å². The van der Waals surface area contributed by atoms with Crippen molar-refractivity contribution < 1.29 is 9.53 Å². The lowest BCUT2D eigenvalue weighted by Gasteiger charge is -2.26. The minimum Gasteiger partial charge on any atom is -0.486 e. The molecule has 0 bridgehead atoms. The zero-order valence-corrected chi connectivity index (χ0v) is 25.3. The molecule has 0 aliphatic heterocycles. The summed E-state index contributed by atoms with van der Waals surface area (Å²) in [5.41, 5.74) is 8.73. The van der Waals surface area contributed by atoms with Crippen LogP contribution < -0.4 is 26.0 Å². The van der Waals surface area contributed by atoms with Crippen molar-refractivity contribution in [2.45, 2.75) is 39.2 Å². The summed E-state index contributed by atoms with van der Waals surface area (Å²) in [5.74, 6) is 1.92. The molecule has 41 heavy (non-hydrogen) atoms. The highest BCUT2D eigenvalue weighted by Gasteiger charge is 2.18. The van der Waals surface area contributed by atoms with Crippen molar-refractivity contribution >= 4 is 46.8 Å². The van der Waals surface area contributed by atoms with Crippen LogP contribution in [0.25, 0.3) is 0 Å². The number of benzene rings is 1. The predicted octanol–water partition coefficient (Wildman–Crippen LogP) is 5.50. The van der Waals surface area contributed by atoms with Gasteiger partial charge in [0.05, 0.1) is 15.8 Å². The van der Waals surface area contributed by atoms with E-state index in [1.807, 2.05) is 26.1 Å². The van der Waals surface area contributed by atoms with Crippen LogP contribution in [-0.4, -0.2) is 55.3 Å². The first-order chi connectivity index (χ1) is 19.8. The monoisotopic (exact) mass is 599 g/mol. The quantitative estimate of drug-likeness (QED) is 0.0697. The van der Waals surface area contributed by atoms with Gasteiger partial charge in [-0.3, -0.25) is 15.2 Å². The highest BCUT2D eigenvalue weighted by Crippen LogP contribution is 2.33. The van der Waals surface area contributed by atoms with Crippen molar-refractivity contribution in [1.29, 1.82) is 5.41 Å². The Kier molecular flexibility index (Phi) is 12.6. The molecule has 0 saturated carbocycles. The Bertz CT molecular complexity index is 1270. The number of carbonyl (C=O) groups is 1. The summed E-state index contributed by atoms with van der Waals surface area (Å²) in [4.78, 5) is 21.7. The van der Waals surface area contributed by atoms with Gasteiger partial charge in [-0.2, -0.15) is 0 Å². The van der Waals surface area contributed by atoms with E-state index in [1.54, 1.807) is 24.4 Å². The van der Waals surface area contributed by atoms with Gasteiger partial charge in [-0.1, -0.05) is 36.5 Å². The molecular weight excluding hydrogens is 561 g/mol. The smallest absolute Gasteiger partial charge is 0.207 e. The van der Waals surface area contributed by atoms with Gasteiger partial charge in [-0.15, -0.1) is 0 Å². The van der Waals surface area contributed by atoms with Crippen LogP contribution in [0.3, 0.4) is 0 Å². The Labute approximate surface area is 252 Å². The zero-order chi connectivity index (χ0) is 29.8. The predicted molar refractivity (Wildman–Crippen MR) is 168 cm³/mol. The summed E-state index contributed by atoms with van der Waals surface area (Å²) < 4.78 is 6.12. The molecule has 3 rings (SSSR count). The fraction of sp³-hybridized carbons (Fsp3) is 0.400. The number of hydrogen-bond donors (Lipinski definition) is 4. The Morgan fingerprint density at radius 1 is 1.12 bits per heavy atom. The van der Waals surface area contributed by atoms with Crippen LogP contribution in [0, 0.1) is 11.3 Å². The molecule has 11 heteroatoms. The molecule has 5 N–H and O–H groups in total. The third-order valence-electron chi connectivity index (χ3n) is 7.06. The first kappa shape index (κ1) is 32.1. The lowest BCUT2D eigenvalue weighted by Crippen LogP contribution is -2.34. The maximum absolute atomic E-state index is 10.8. The topological polar surface area (TPSA) is 129 Å². The van der Waals surface area contributed by atoms with Gasteiger partial charge >= 0.3 is 0 Å². The second-order valence-electron chi connectivity index (χ2n) is 9.82. The van der Waals surface area contributed by atoms with Crippen LogP contribution in [0.2, 0.25) is 10.0 Å². The van der Waals surface area contributed by atoms with Crippen LogP contribution in [0.1, 0.15) is 55.9 Å². The van der Waals surface area contributed by atoms with Crippen LogP contribution in [-0.2, 0) is 4.79 Å². The maximum atomic E-state index is 10.8. The van der Waals surface area contributed by atoms with E-state index in [4.69, 9.17) is 39.1 Å². The summed E-state index contributed by atoms with van der Waals surface area (Å²) in [6.45, 7) is 7.03. The van der Waals surface area contributed by atoms with Crippen LogP contribution in [0.5, 0.6) is 5.75 Å². The van der Waals surface area contributed by atoms with Crippen molar-refractivity contribution in [3.8, 4) is 5.75 Å². The summed E-state index contributed by atoms with van der Waals surface area (Å²) in [6, 6.07) is 8.97. The standard InChI is InChI=1S/C30H39Cl2N7O2/c1-4-21(9-11-35-3)10-13-39(14-12-36-19-40)28-8-5-22(16-38-28)30(34)24-15-23(6-7-27(24)33)41-20(2)29-25(31)17-37-18-26(29)32/h5-8,15-21,34-35H,4,9-14,33H2,1-3H3,(H,36,40)/t20-,21?/m1/s1. The lowest BCUT2D eigenvalue weighted by molar-refractivity contribution is -0.109. The molecule has 0 spiro atoms. The van der Waals surface area contributed by atoms with Crippen LogP contribution in [0.15, 0.2) is 48.9 Å². The lowest BCUT2D eigenvalue weighted by atomic mass is 9.98. The Hall–Kier alpha value is -3.40. The molecule has 0 fully saturated rings. The molecule has 2 heterocycles. The normalized spacial score (nSPS) is 12.4.